The molecule has 0 saturated heterocycles. The fourth-order valence-corrected chi connectivity index (χ4v) is 2.67. The van der Waals surface area contributed by atoms with Gasteiger partial charge in [0.05, 0.1) is 17.9 Å². The van der Waals surface area contributed by atoms with Gasteiger partial charge in [0.15, 0.2) is 0 Å². The van der Waals surface area contributed by atoms with Gasteiger partial charge in [0, 0.05) is 40.3 Å². The van der Waals surface area contributed by atoms with E-state index in [1.165, 1.54) is 0 Å². The van der Waals surface area contributed by atoms with E-state index < -0.39 is 0 Å². The molecule has 0 atom stereocenters. The Kier molecular flexibility index (Phi) is 2.72. The fourth-order valence-electron chi connectivity index (χ4n) is 2.67. The van der Waals surface area contributed by atoms with E-state index in [1.54, 1.807) is 18.6 Å². The van der Waals surface area contributed by atoms with Crippen molar-refractivity contribution in [3.8, 4) is 11.3 Å². The molecule has 0 fully saturated rings. The summed E-state index contributed by atoms with van der Waals surface area (Å²) < 4.78 is 5.88. The van der Waals surface area contributed by atoms with Gasteiger partial charge in [0.1, 0.15) is 11.2 Å². The van der Waals surface area contributed by atoms with Crippen LogP contribution < -0.4 is 10.6 Å². The lowest BCUT2D eigenvalue weighted by Gasteiger charge is -1.93. The minimum atomic E-state index is 0.650. The van der Waals surface area contributed by atoms with Crippen LogP contribution in [-0.4, -0.2) is 20.2 Å². The Labute approximate surface area is 126 Å². The van der Waals surface area contributed by atoms with E-state index in [0.717, 1.165) is 38.6 Å². The third-order valence-corrected chi connectivity index (χ3v) is 3.89. The van der Waals surface area contributed by atoms with Crippen molar-refractivity contribution < 1.29 is 4.42 Å². The third-order valence-electron chi connectivity index (χ3n) is 3.89. The van der Waals surface area contributed by atoms with Gasteiger partial charge in [0.2, 0.25) is 0 Å². The molecule has 0 unspecified atom stereocenters. The molecule has 0 aliphatic heterocycles. The largest absolute Gasteiger partial charge is 0.457 e. The first-order valence-corrected chi connectivity index (χ1v) is 6.94. The van der Waals surface area contributed by atoms with Crippen molar-refractivity contribution in [3.05, 3.63) is 59.3 Å². The summed E-state index contributed by atoms with van der Waals surface area (Å²) >= 11 is 0. The second kappa shape index (κ2) is 4.73. The maximum absolute atomic E-state index is 5.88. The molecule has 0 bridgehead atoms. The van der Waals surface area contributed by atoms with Gasteiger partial charge >= 0.3 is 0 Å². The first kappa shape index (κ1) is 12.6. The first-order chi connectivity index (χ1) is 10.7. The molecule has 4 heterocycles. The molecule has 108 valence electrons. The first-order valence-electron chi connectivity index (χ1n) is 6.94. The molecule has 4 aromatic heterocycles. The summed E-state index contributed by atoms with van der Waals surface area (Å²) in [6.07, 6.45) is 9.16. The highest BCUT2D eigenvalue weighted by atomic mass is 16.3. The van der Waals surface area contributed by atoms with Crippen LogP contribution in [0.2, 0.25) is 0 Å². The minimum absolute atomic E-state index is 0.650. The lowest BCUT2D eigenvalue weighted by molar-refractivity contribution is 0.547. The molecule has 0 saturated carbocycles. The summed E-state index contributed by atoms with van der Waals surface area (Å²) in [6.45, 7) is 6.06. The summed E-state index contributed by atoms with van der Waals surface area (Å²) in [5.74, 6) is 0.792. The molecule has 2 N–H and O–H groups in total. The van der Waals surface area contributed by atoms with Crippen molar-refractivity contribution in [3.63, 3.8) is 0 Å². The number of aromatic amines is 2. The zero-order valence-electron chi connectivity index (χ0n) is 12.1. The standard InChI is InChI=1S/C17H14N4O/c1-10(12-6-20-21-7-12)14-5-17(22-11(14)2)15-8-19-16-9-18-4-3-13(15)16/h3-9,19H,2H2,1H3,(H,20,21)/b14-10+. The molecule has 22 heavy (non-hydrogen) atoms. The highest BCUT2D eigenvalue weighted by Crippen LogP contribution is 2.26. The van der Waals surface area contributed by atoms with Crippen molar-refractivity contribution in [2.24, 2.45) is 0 Å². The van der Waals surface area contributed by atoms with Crippen molar-refractivity contribution in [1.29, 1.82) is 0 Å². The third kappa shape index (κ3) is 1.87. The number of furan rings is 1. The van der Waals surface area contributed by atoms with E-state index >= 15 is 0 Å². The highest BCUT2D eigenvalue weighted by molar-refractivity contribution is 5.93. The Morgan fingerprint density at radius 2 is 2.18 bits per heavy atom. The summed E-state index contributed by atoms with van der Waals surface area (Å²) in [4.78, 5) is 7.32. The van der Waals surface area contributed by atoms with Crippen LogP contribution in [0, 0.1) is 0 Å². The number of aromatic nitrogens is 4. The highest BCUT2D eigenvalue weighted by Gasteiger charge is 2.10. The predicted molar refractivity (Wildman–Crippen MR) is 85.3 cm³/mol. The van der Waals surface area contributed by atoms with Crippen molar-refractivity contribution in [2.75, 3.05) is 0 Å². The molecule has 0 spiro atoms. The Morgan fingerprint density at radius 3 is 3.00 bits per heavy atom. The molecule has 5 heteroatoms. The molecule has 0 radical (unpaired) electrons. The average molecular weight is 290 g/mol. The van der Waals surface area contributed by atoms with Gasteiger partial charge in [-0.15, -0.1) is 0 Å². The second-order valence-electron chi connectivity index (χ2n) is 5.18. The van der Waals surface area contributed by atoms with Gasteiger partial charge in [0.25, 0.3) is 0 Å². The summed E-state index contributed by atoms with van der Waals surface area (Å²) in [5.41, 5.74) is 4.75. The van der Waals surface area contributed by atoms with Gasteiger partial charge < -0.3 is 9.40 Å². The second-order valence-corrected chi connectivity index (χ2v) is 5.18. The van der Waals surface area contributed by atoms with Gasteiger partial charge in [-0.25, -0.2) is 0 Å². The van der Waals surface area contributed by atoms with Crippen molar-refractivity contribution >= 4 is 23.1 Å². The number of nitrogens with one attached hydrogen (secondary N) is 2. The predicted octanol–water partition coefficient (Wildman–Crippen LogP) is 2.18. The maximum Gasteiger partial charge on any atom is 0.137 e. The topological polar surface area (TPSA) is 70.5 Å². The molecule has 0 aliphatic rings. The Balaban J connectivity index is 1.95. The lowest BCUT2D eigenvalue weighted by atomic mass is 10.1. The number of rotatable bonds is 2. The van der Waals surface area contributed by atoms with E-state index in [-0.39, 0.29) is 0 Å². The molecule has 4 rings (SSSR count). The van der Waals surface area contributed by atoms with Crippen LogP contribution in [0.3, 0.4) is 0 Å². The Hall–Kier alpha value is -3.08. The normalized spacial score (nSPS) is 12.8. The molecule has 5 nitrogen and oxygen atoms in total. The van der Waals surface area contributed by atoms with E-state index in [2.05, 4.69) is 26.7 Å². The number of H-pyrrole nitrogens is 2. The maximum atomic E-state index is 5.88. The van der Waals surface area contributed by atoms with E-state index in [0.29, 0.717) is 5.42 Å². The van der Waals surface area contributed by atoms with Gasteiger partial charge in [-0.3, -0.25) is 10.1 Å². The minimum Gasteiger partial charge on any atom is -0.457 e. The zero-order valence-corrected chi connectivity index (χ0v) is 12.1. The Morgan fingerprint density at radius 1 is 1.27 bits per heavy atom. The van der Waals surface area contributed by atoms with Crippen molar-refractivity contribution in [2.45, 2.75) is 6.92 Å². The van der Waals surface area contributed by atoms with E-state index in [4.69, 9.17) is 4.42 Å². The lowest BCUT2D eigenvalue weighted by Crippen LogP contribution is -2.20. The zero-order chi connectivity index (χ0) is 15.1. The number of hydrogen-bond acceptors (Lipinski definition) is 3. The van der Waals surface area contributed by atoms with Gasteiger partial charge in [-0.05, 0) is 24.6 Å². The van der Waals surface area contributed by atoms with E-state index in [1.807, 2.05) is 31.5 Å². The van der Waals surface area contributed by atoms with Crippen LogP contribution in [0.25, 0.3) is 34.4 Å². The van der Waals surface area contributed by atoms with Gasteiger partial charge in [-0.2, -0.15) is 5.10 Å². The number of nitrogens with zero attached hydrogens (tertiary/aromatic N) is 2. The smallest absolute Gasteiger partial charge is 0.137 e. The molecule has 0 aromatic carbocycles. The summed E-state index contributed by atoms with van der Waals surface area (Å²) in [5, 5.41) is 8.88. The van der Waals surface area contributed by atoms with Crippen molar-refractivity contribution in [1.82, 2.24) is 20.2 Å². The molecular weight excluding hydrogens is 276 g/mol. The molecular formula is C17H14N4O. The fraction of sp³-hybridized carbons (Fsp3) is 0.0588. The Bertz CT molecular complexity index is 1050. The number of fused-ring (bicyclic) bond motifs is 1. The van der Waals surface area contributed by atoms with Gasteiger partial charge in [-0.1, -0.05) is 6.58 Å². The van der Waals surface area contributed by atoms with Crippen LogP contribution in [0.4, 0.5) is 0 Å². The quantitative estimate of drug-likeness (QED) is 0.594. The van der Waals surface area contributed by atoms with Crippen LogP contribution >= 0.6 is 0 Å². The summed E-state index contributed by atoms with van der Waals surface area (Å²) in [7, 11) is 0. The monoisotopic (exact) mass is 290 g/mol. The van der Waals surface area contributed by atoms with E-state index in [9.17, 15) is 0 Å². The molecule has 4 aromatic rings. The van der Waals surface area contributed by atoms with Crippen LogP contribution in [0.15, 0.2) is 47.5 Å². The molecule has 0 aliphatic carbocycles. The van der Waals surface area contributed by atoms with Crippen LogP contribution in [-0.2, 0) is 0 Å². The van der Waals surface area contributed by atoms with Crippen LogP contribution in [0.5, 0.6) is 0 Å². The average Bonchev–Trinajstić information content (AvgIpc) is 3.25. The number of hydrogen-bond donors (Lipinski definition) is 2. The van der Waals surface area contributed by atoms with Crippen LogP contribution in [0.1, 0.15) is 12.5 Å². The molecule has 0 amide bonds. The number of pyridine rings is 1. The summed E-state index contributed by atoms with van der Waals surface area (Å²) in [6, 6.07) is 3.99. The SMILES string of the molecule is C=c1oc(-c2c[nH]c3cnccc23)c/c1=C(/C)c1cn[nH]c1.